The standard InChI is InChI=1S/C14H12F3NO/c1-2-3-4-5-10-11-8-9(14(15,16)17)6-7-12(11)18-13(10)19/h6-8,10H,4-5H2,1H3,(H,18,19). The number of fused-ring (bicyclic) bond motifs is 1. The van der Waals surface area contributed by atoms with Gasteiger partial charge >= 0.3 is 6.18 Å². The fraction of sp³-hybridized carbons (Fsp3) is 0.357. The number of hydrogen-bond acceptors (Lipinski definition) is 1. The Hall–Kier alpha value is -1.96. The van der Waals surface area contributed by atoms with Crippen molar-refractivity contribution < 1.29 is 18.0 Å². The first-order chi connectivity index (χ1) is 8.93. The molecule has 1 N–H and O–H groups in total. The van der Waals surface area contributed by atoms with Gasteiger partial charge in [-0.2, -0.15) is 13.2 Å². The monoisotopic (exact) mass is 267 g/mol. The van der Waals surface area contributed by atoms with Crippen molar-refractivity contribution in [2.24, 2.45) is 0 Å². The normalized spacial score (nSPS) is 17.5. The minimum absolute atomic E-state index is 0.257. The number of nitrogens with one attached hydrogen (secondary N) is 1. The molecule has 2 nitrogen and oxygen atoms in total. The summed E-state index contributed by atoms with van der Waals surface area (Å²) in [5.74, 6) is 4.72. The second-order valence-corrected chi connectivity index (χ2v) is 4.31. The van der Waals surface area contributed by atoms with Crippen molar-refractivity contribution in [3.8, 4) is 11.8 Å². The van der Waals surface area contributed by atoms with Crippen LogP contribution in [0.1, 0.15) is 36.8 Å². The van der Waals surface area contributed by atoms with E-state index >= 15 is 0 Å². The molecule has 100 valence electrons. The second kappa shape index (κ2) is 4.96. The molecule has 1 aromatic rings. The molecule has 2 rings (SSSR count). The number of rotatable bonds is 2. The highest BCUT2D eigenvalue weighted by molar-refractivity contribution is 6.02. The zero-order valence-corrected chi connectivity index (χ0v) is 10.3. The molecule has 0 bridgehead atoms. The van der Waals surface area contributed by atoms with E-state index in [1.807, 2.05) is 0 Å². The van der Waals surface area contributed by atoms with Gasteiger partial charge in [0.25, 0.3) is 0 Å². The van der Waals surface area contributed by atoms with E-state index in [1.165, 1.54) is 6.07 Å². The molecule has 5 heteroatoms. The predicted molar refractivity (Wildman–Crippen MR) is 65.5 cm³/mol. The number of alkyl halides is 3. The highest BCUT2D eigenvalue weighted by Crippen LogP contribution is 2.39. The highest BCUT2D eigenvalue weighted by Gasteiger charge is 2.35. The summed E-state index contributed by atoms with van der Waals surface area (Å²) in [6, 6.07) is 3.34. The Bertz CT molecular complexity index is 566. The molecule has 1 aromatic carbocycles. The van der Waals surface area contributed by atoms with Crippen LogP contribution < -0.4 is 5.32 Å². The van der Waals surface area contributed by atoms with Gasteiger partial charge in [0.15, 0.2) is 0 Å². The van der Waals surface area contributed by atoms with Crippen LogP contribution in [0.2, 0.25) is 0 Å². The van der Waals surface area contributed by atoms with Gasteiger partial charge in [-0.25, -0.2) is 0 Å². The number of hydrogen-bond donors (Lipinski definition) is 1. The third-order valence-electron chi connectivity index (χ3n) is 3.06. The number of carbonyl (C=O) groups is 1. The van der Waals surface area contributed by atoms with Gasteiger partial charge < -0.3 is 5.32 Å². The van der Waals surface area contributed by atoms with Gasteiger partial charge in [0.2, 0.25) is 5.91 Å². The van der Waals surface area contributed by atoms with Crippen LogP contribution in [0, 0.1) is 11.8 Å². The fourth-order valence-corrected chi connectivity index (χ4v) is 2.13. The summed E-state index contributed by atoms with van der Waals surface area (Å²) >= 11 is 0. The van der Waals surface area contributed by atoms with E-state index in [0.717, 1.165) is 12.1 Å². The molecule has 1 amide bonds. The van der Waals surface area contributed by atoms with Crippen molar-refractivity contribution in [1.82, 2.24) is 0 Å². The summed E-state index contributed by atoms with van der Waals surface area (Å²) in [4.78, 5) is 11.7. The maximum Gasteiger partial charge on any atom is 0.416 e. The molecular formula is C14H12F3NO. The van der Waals surface area contributed by atoms with Crippen LogP contribution in [0.3, 0.4) is 0 Å². The van der Waals surface area contributed by atoms with E-state index < -0.39 is 17.7 Å². The van der Waals surface area contributed by atoms with E-state index in [1.54, 1.807) is 6.92 Å². The van der Waals surface area contributed by atoms with Crippen molar-refractivity contribution in [2.75, 3.05) is 5.32 Å². The van der Waals surface area contributed by atoms with Crippen molar-refractivity contribution in [2.45, 2.75) is 31.9 Å². The Balaban J connectivity index is 2.31. The lowest BCUT2D eigenvalue weighted by atomic mass is 9.94. The van der Waals surface area contributed by atoms with Crippen LogP contribution in [-0.2, 0) is 11.0 Å². The molecule has 1 atom stereocenters. The highest BCUT2D eigenvalue weighted by atomic mass is 19.4. The van der Waals surface area contributed by atoms with Crippen molar-refractivity contribution in [3.05, 3.63) is 29.3 Å². The Morgan fingerprint density at radius 1 is 1.37 bits per heavy atom. The fourth-order valence-electron chi connectivity index (χ4n) is 2.13. The molecular weight excluding hydrogens is 255 g/mol. The van der Waals surface area contributed by atoms with Gasteiger partial charge in [-0.1, -0.05) is 0 Å². The lowest BCUT2D eigenvalue weighted by Crippen LogP contribution is -2.12. The van der Waals surface area contributed by atoms with E-state index in [0.29, 0.717) is 24.1 Å². The summed E-state index contributed by atoms with van der Waals surface area (Å²) < 4.78 is 38.0. The maximum atomic E-state index is 12.7. The Kier molecular flexibility index (Phi) is 3.52. The number of halogens is 3. The minimum atomic E-state index is -4.39. The van der Waals surface area contributed by atoms with Gasteiger partial charge in [0.05, 0.1) is 11.5 Å². The molecule has 1 heterocycles. The molecule has 0 saturated carbocycles. The lowest BCUT2D eigenvalue weighted by molar-refractivity contribution is -0.137. The number of benzene rings is 1. The van der Waals surface area contributed by atoms with Gasteiger partial charge in [-0.05, 0) is 37.1 Å². The third kappa shape index (κ3) is 2.73. The first-order valence-corrected chi connectivity index (χ1v) is 5.85. The third-order valence-corrected chi connectivity index (χ3v) is 3.06. The molecule has 0 aromatic heterocycles. The zero-order valence-electron chi connectivity index (χ0n) is 10.3. The van der Waals surface area contributed by atoms with Gasteiger partial charge in [0, 0.05) is 12.1 Å². The Morgan fingerprint density at radius 2 is 2.11 bits per heavy atom. The van der Waals surface area contributed by atoms with E-state index in [-0.39, 0.29) is 5.91 Å². The molecule has 0 spiro atoms. The summed E-state index contributed by atoms with van der Waals surface area (Å²) in [7, 11) is 0. The van der Waals surface area contributed by atoms with Crippen LogP contribution in [0.15, 0.2) is 18.2 Å². The predicted octanol–water partition coefficient (Wildman–Crippen LogP) is 3.54. The molecule has 0 aliphatic carbocycles. The summed E-state index contributed by atoms with van der Waals surface area (Å²) in [5, 5.41) is 2.60. The second-order valence-electron chi connectivity index (χ2n) is 4.31. The summed E-state index contributed by atoms with van der Waals surface area (Å²) in [5.41, 5.74) is 0.152. The molecule has 1 aliphatic rings. The first-order valence-electron chi connectivity index (χ1n) is 5.85. The van der Waals surface area contributed by atoms with Crippen LogP contribution in [0.25, 0.3) is 0 Å². The molecule has 0 radical (unpaired) electrons. The van der Waals surface area contributed by atoms with E-state index in [4.69, 9.17) is 0 Å². The average molecular weight is 267 g/mol. The number of anilines is 1. The van der Waals surface area contributed by atoms with Crippen LogP contribution in [-0.4, -0.2) is 5.91 Å². The van der Waals surface area contributed by atoms with E-state index in [2.05, 4.69) is 17.2 Å². The molecule has 19 heavy (non-hydrogen) atoms. The quantitative estimate of drug-likeness (QED) is 0.816. The molecule has 0 saturated heterocycles. The van der Waals surface area contributed by atoms with Crippen LogP contribution >= 0.6 is 0 Å². The minimum Gasteiger partial charge on any atom is -0.325 e. The zero-order chi connectivity index (χ0) is 14.0. The van der Waals surface area contributed by atoms with Gasteiger partial charge in [-0.3, -0.25) is 4.79 Å². The van der Waals surface area contributed by atoms with Gasteiger partial charge in [0.1, 0.15) is 0 Å². The number of amides is 1. The summed E-state index contributed by atoms with van der Waals surface area (Å²) in [6.45, 7) is 1.68. The Labute approximate surface area is 109 Å². The topological polar surface area (TPSA) is 29.1 Å². The van der Waals surface area contributed by atoms with Crippen molar-refractivity contribution >= 4 is 11.6 Å². The molecule has 0 fully saturated rings. The van der Waals surface area contributed by atoms with Crippen molar-refractivity contribution in [3.63, 3.8) is 0 Å². The average Bonchev–Trinajstić information content (AvgIpc) is 2.64. The molecule has 1 unspecified atom stereocenters. The maximum absolute atomic E-state index is 12.7. The Morgan fingerprint density at radius 3 is 2.74 bits per heavy atom. The van der Waals surface area contributed by atoms with Crippen LogP contribution in [0.4, 0.5) is 18.9 Å². The smallest absolute Gasteiger partial charge is 0.325 e. The van der Waals surface area contributed by atoms with Crippen molar-refractivity contribution in [1.29, 1.82) is 0 Å². The van der Waals surface area contributed by atoms with Gasteiger partial charge in [-0.15, -0.1) is 11.8 Å². The lowest BCUT2D eigenvalue weighted by Gasteiger charge is -2.10. The largest absolute Gasteiger partial charge is 0.416 e. The summed E-state index contributed by atoms with van der Waals surface area (Å²) in [6.07, 6.45) is -3.47. The molecule has 1 aliphatic heterocycles. The van der Waals surface area contributed by atoms with Crippen LogP contribution in [0.5, 0.6) is 0 Å². The first kappa shape index (κ1) is 13.5. The SMILES string of the molecule is CC#CCCC1C(=O)Nc2ccc(C(F)(F)F)cc21. The number of carbonyl (C=O) groups excluding carboxylic acids is 1. The van der Waals surface area contributed by atoms with E-state index in [9.17, 15) is 18.0 Å².